The molecule has 0 fully saturated rings. The van der Waals surface area contributed by atoms with E-state index in [1.165, 1.54) is 0 Å². The summed E-state index contributed by atoms with van der Waals surface area (Å²) >= 11 is 0. The van der Waals surface area contributed by atoms with Crippen molar-refractivity contribution in [2.45, 2.75) is 39.7 Å². The number of carbonyl (C=O) groups is 1. The number of ether oxygens (including phenoxy) is 2. The van der Waals surface area contributed by atoms with Crippen molar-refractivity contribution >= 4 is 6.16 Å². The number of hydrogen-bond acceptors (Lipinski definition) is 3. The van der Waals surface area contributed by atoms with Gasteiger partial charge in [0.25, 0.3) is 0 Å². The average Bonchev–Trinajstić information content (AvgIpc) is 2.05. The molecular formula is C9H17O3. The first-order valence-corrected chi connectivity index (χ1v) is 4.33. The van der Waals surface area contributed by atoms with Gasteiger partial charge in [-0.1, -0.05) is 20.3 Å². The maximum absolute atomic E-state index is 10.8. The van der Waals surface area contributed by atoms with Crippen molar-refractivity contribution in [1.82, 2.24) is 0 Å². The average molecular weight is 173 g/mol. The third-order valence-electron chi connectivity index (χ3n) is 1.47. The smallest absolute Gasteiger partial charge is 0.434 e. The van der Waals surface area contributed by atoms with Crippen LogP contribution in [0.2, 0.25) is 0 Å². The molecule has 0 heterocycles. The van der Waals surface area contributed by atoms with Crippen LogP contribution in [-0.2, 0) is 9.47 Å². The summed E-state index contributed by atoms with van der Waals surface area (Å²) in [5, 5.41) is 0. The van der Waals surface area contributed by atoms with Crippen molar-refractivity contribution in [3.05, 3.63) is 6.42 Å². The highest BCUT2D eigenvalue weighted by molar-refractivity contribution is 5.60. The molecule has 0 bridgehead atoms. The van der Waals surface area contributed by atoms with E-state index in [1.807, 2.05) is 13.8 Å². The van der Waals surface area contributed by atoms with E-state index in [4.69, 9.17) is 9.47 Å². The summed E-state index contributed by atoms with van der Waals surface area (Å²) in [7, 11) is 0. The summed E-state index contributed by atoms with van der Waals surface area (Å²) in [6.07, 6.45) is 2.96. The molecule has 0 N–H and O–H groups in total. The van der Waals surface area contributed by atoms with Gasteiger partial charge in [0.05, 0.1) is 6.61 Å². The van der Waals surface area contributed by atoms with Crippen LogP contribution in [-0.4, -0.2) is 18.9 Å². The molecule has 0 unspecified atom stereocenters. The van der Waals surface area contributed by atoms with Gasteiger partial charge in [-0.05, 0) is 19.8 Å². The molecule has 1 atom stereocenters. The van der Waals surface area contributed by atoms with Crippen LogP contribution >= 0.6 is 0 Å². The van der Waals surface area contributed by atoms with Gasteiger partial charge in [-0.3, -0.25) is 0 Å². The summed E-state index contributed by atoms with van der Waals surface area (Å²) < 4.78 is 9.60. The third kappa shape index (κ3) is 6.01. The second-order valence-electron chi connectivity index (χ2n) is 2.61. The van der Waals surface area contributed by atoms with E-state index in [1.54, 1.807) is 13.3 Å². The van der Waals surface area contributed by atoms with Crippen molar-refractivity contribution < 1.29 is 14.3 Å². The van der Waals surface area contributed by atoms with Crippen LogP contribution in [0, 0.1) is 6.42 Å². The molecular weight excluding hydrogens is 156 g/mol. The van der Waals surface area contributed by atoms with Gasteiger partial charge in [-0.15, -0.1) is 0 Å². The molecule has 0 amide bonds. The molecule has 0 saturated carbocycles. The molecule has 12 heavy (non-hydrogen) atoms. The summed E-state index contributed by atoms with van der Waals surface area (Å²) in [4.78, 5) is 10.8. The molecule has 0 aliphatic rings. The summed E-state index contributed by atoms with van der Waals surface area (Å²) in [6, 6.07) is 0. The maximum Gasteiger partial charge on any atom is 0.508 e. The minimum atomic E-state index is -0.575. The van der Waals surface area contributed by atoms with Gasteiger partial charge in [0.15, 0.2) is 0 Å². The van der Waals surface area contributed by atoms with Gasteiger partial charge in [-0.2, -0.15) is 0 Å². The van der Waals surface area contributed by atoms with E-state index < -0.39 is 6.16 Å². The van der Waals surface area contributed by atoms with Crippen LogP contribution in [0.5, 0.6) is 0 Å². The fourth-order valence-electron chi connectivity index (χ4n) is 0.554. The topological polar surface area (TPSA) is 35.5 Å². The van der Waals surface area contributed by atoms with E-state index >= 15 is 0 Å². The third-order valence-corrected chi connectivity index (χ3v) is 1.47. The first-order valence-electron chi connectivity index (χ1n) is 4.33. The van der Waals surface area contributed by atoms with Gasteiger partial charge in [-0.25, -0.2) is 4.79 Å². The minimum absolute atomic E-state index is 0.167. The van der Waals surface area contributed by atoms with Crippen molar-refractivity contribution in [3.8, 4) is 0 Å². The van der Waals surface area contributed by atoms with Crippen molar-refractivity contribution in [2.75, 3.05) is 6.61 Å². The highest BCUT2D eigenvalue weighted by atomic mass is 16.7. The van der Waals surface area contributed by atoms with Crippen LogP contribution < -0.4 is 0 Å². The number of carbonyl (C=O) groups excluding carboxylic acids is 1. The summed E-state index contributed by atoms with van der Waals surface area (Å²) in [6.45, 7) is 6.12. The molecule has 1 radical (unpaired) electrons. The molecule has 3 heteroatoms. The zero-order valence-corrected chi connectivity index (χ0v) is 8.00. The molecule has 0 rings (SSSR count). The molecule has 0 saturated heterocycles. The van der Waals surface area contributed by atoms with E-state index in [-0.39, 0.29) is 6.10 Å². The molecule has 0 aliphatic heterocycles. The van der Waals surface area contributed by atoms with Crippen LogP contribution in [0.15, 0.2) is 0 Å². The van der Waals surface area contributed by atoms with Crippen LogP contribution in [0.1, 0.15) is 33.6 Å². The van der Waals surface area contributed by atoms with Crippen LogP contribution in [0.3, 0.4) is 0 Å². The highest BCUT2D eigenvalue weighted by Crippen LogP contribution is 1.98. The Balaban J connectivity index is 3.33. The quantitative estimate of drug-likeness (QED) is 0.473. The zero-order chi connectivity index (χ0) is 9.40. The Morgan fingerprint density at radius 2 is 2.25 bits per heavy atom. The Labute approximate surface area is 74.0 Å². The number of unbranched alkanes of at least 4 members (excludes halogenated alkanes) is 1. The fraction of sp³-hybridized carbons (Fsp3) is 0.778. The molecule has 0 aliphatic carbocycles. The SMILES string of the molecule is C[CH][C@H](C)OC(=O)OCCCC. The molecule has 0 aromatic rings. The van der Waals surface area contributed by atoms with E-state index in [0.717, 1.165) is 12.8 Å². The normalized spacial score (nSPS) is 12.2. The van der Waals surface area contributed by atoms with Crippen LogP contribution in [0.25, 0.3) is 0 Å². The zero-order valence-electron chi connectivity index (χ0n) is 8.00. The van der Waals surface area contributed by atoms with E-state index in [0.29, 0.717) is 6.61 Å². The van der Waals surface area contributed by atoms with E-state index in [9.17, 15) is 4.79 Å². The maximum atomic E-state index is 10.8. The van der Waals surface area contributed by atoms with Crippen molar-refractivity contribution in [2.24, 2.45) is 0 Å². The van der Waals surface area contributed by atoms with Gasteiger partial charge in [0.2, 0.25) is 0 Å². The molecule has 71 valence electrons. The van der Waals surface area contributed by atoms with Gasteiger partial charge in [0.1, 0.15) is 6.10 Å². The fourth-order valence-corrected chi connectivity index (χ4v) is 0.554. The summed E-state index contributed by atoms with van der Waals surface area (Å²) in [5.74, 6) is 0. The number of hydrogen-bond donors (Lipinski definition) is 0. The Kier molecular flexibility index (Phi) is 6.53. The lowest BCUT2D eigenvalue weighted by Gasteiger charge is -2.09. The highest BCUT2D eigenvalue weighted by Gasteiger charge is 2.07. The Bertz CT molecular complexity index is 123. The first-order chi connectivity index (χ1) is 5.70. The van der Waals surface area contributed by atoms with E-state index in [2.05, 4.69) is 0 Å². The largest absolute Gasteiger partial charge is 0.508 e. The molecule has 0 aromatic heterocycles. The monoisotopic (exact) mass is 173 g/mol. The van der Waals surface area contributed by atoms with Gasteiger partial charge in [0, 0.05) is 0 Å². The second kappa shape index (κ2) is 6.95. The predicted molar refractivity (Wildman–Crippen MR) is 46.8 cm³/mol. The second-order valence-corrected chi connectivity index (χ2v) is 2.61. The molecule has 0 spiro atoms. The van der Waals surface area contributed by atoms with Gasteiger partial charge < -0.3 is 9.47 Å². The number of rotatable bonds is 5. The lowest BCUT2D eigenvalue weighted by Crippen LogP contribution is -2.15. The molecule has 3 nitrogen and oxygen atoms in total. The Hall–Kier alpha value is -0.730. The predicted octanol–water partition coefficient (Wildman–Crippen LogP) is 2.55. The molecule has 0 aromatic carbocycles. The van der Waals surface area contributed by atoms with Crippen molar-refractivity contribution in [3.63, 3.8) is 0 Å². The van der Waals surface area contributed by atoms with Gasteiger partial charge >= 0.3 is 6.16 Å². The minimum Gasteiger partial charge on any atom is -0.434 e. The first kappa shape index (κ1) is 11.3. The lowest BCUT2D eigenvalue weighted by atomic mass is 10.3. The standard InChI is InChI=1S/C9H17O3/c1-4-6-7-11-9(10)12-8(3)5-2/h5,8H,4,6-7H2,1-3H3/t8-/m0/s1. The summed E-state index contributed by atoms with van der Waals surface area (Å²) in [5.41, 5.74) is 0. The lowest BCUT2D eigenvalue weighted by molar-refractivity contribution is 0.0374. The van der Waals surface area contributed by atoms with Crippen molar-refractivity contribution in [1.29, 1.82) is 0 Å². The Morgan fingerprint density at radius 3 is 2.75 bits per heavy atom. The Morgan fingerprint density at radius 1 is 1.58 bits per heavy atom. The van der Waals surface area contributed by atoms with Crippen LogP contribution in [0.4, 0.5) is 4.79 Å².